The second-order valence-electron chi connectivity index (χ2n) is 6.20. The van der Waals surface area contributed by atoms with Gasteiger partial charge in [0.15, 0.2) is 6.61 Å². The van der Waals surface area contributed by atoms with Gasteiger partial charge in [-0.25, -0.2) is 9.59 Å². The molecule has 4 fully saturated rings. The van der Waals surface area contributed by atoms with Crippen LogP contribution in [0.4, 0.5) is 0 Å². The fraction of sp³-hybridized carbons (Fsp3) is 0.733. The lowest BCUT2D eigenvalue weighted by Crippen LogP contribution is -2.50. The molecule has 0 N–H and O–H groups in total. The number of carbonyl (C=O) groups is 2. The van der Waals surface area contributed by atoms with E-state index in [9.17, 15) is 9.59 Å². The zero-order valence-electron chi connectivity index (χ0n) is 11.0. The summed E-state index contributed by atoms with van der Waals surface area (Å²) in [7, 11) is 0. The molecule has 0 atom stereocenters. The zero-order chi connectivity index (χ0) is 13.4. The Hall–Kier alpha value is -1.32. The highest BCUT2D eigenvalue weighted by molar-refractivity contribution is 5.83. The van der Waals surface area contributed by atoms with Gasteiger partial charge in [-0.05, 0) is 55.8 Å². The summed E-state index contributed by atoms with van der Waals surface area (Å²) in [6.07, 6.45) is 7.31. The largest absolute Gasteiger partial charge is 0.459 e. The summed E-state index contributed by atoms with van der Waals surface area (Å²) < 4.78 is 10.3. The monoisotopic (exact) mass is 264 g/mol. The molecule has 19 heavy (non-hydrogen) atoms. The Balaban J connectivity index is 1.54. The minimum Gasteiger partial charge on any atom is -0.459 e. The van der Waals surface area contributed by atoms with Gasteiger partial charge in [0.25, 0.3) is 0 Å². The summed E-state index contributed by atoms with van der Waals surface area (Å²) in [4.78, 5) is 22.6. The number of carbonyl (C=O) groups excluding carboxylic acids is 2. The Morgan fingerprint density at radius 2 is 1.63 bits per heavy atom. The normalized spacial score (nSPS) is 38.8. The van der Waals surface area contributed by atoms with Gasteiger partial charge < -0.3 is 9.47 Å². The first kappa shape index (κ1) is 12.7. The molecule has 0 aromatic carbocycles. The van der Waals surface area contributed by atoms with Crippen molar-refractivity contribution in [3.63, 3.8) is 0 Å². The summed E-state index contributed by atoms with van der Waals surface area (Å²) in [5.74, 6) is 1.78. The Labute approximate surface area is 113 Å². The lowest BCUT2D eigenvalue weighted by molar-refractivity contribution is -0.177. The van der Waals surface area contributed by atoms with Crippen LogP contribution in [0.25, 0.3) is 0 Å². The number of rotatable bonds is 4. The quantitative estimate of drug-likeness (QED) is 0.576. The third-order valence-electron chi connectivity index (χ3n) is 4.91. The first-order valence-electron chi connectivity index (χ1n) is 7.14. The molecule has 4 heteroatoms. The van der Waals surface area contributed by atoms with Gasteiger partial charge in [0.2, 0.25) is 0 Å². The maximum absolute atomic E-state index is 11.7. The minimum absolute atomic E-state index is 0.0581. The van der Waals surface area contributed by atoms with Crippen molar-refractivity contribution < 1.29 is 19.1 Å². The molecule has 4 nitrogen and oxygen atoms in total. The predicted octanol–water partition coefficient (Wildman–Crippen LogP) is 2.08. The second-order valence-corrected chi connectivity index (χ2v) is 6.20. The molecule has 4 aliphatic carbocycles. The van der Waals surface area contributed by atoms with E-state index in [0.29, 0.717) is 11.8 Å². The van der Waals surface area contributed by atoms with Gasteiger partial charge in [-0.15, -0.1) is 0 Å². The fourth-order valence-corrected chi connectivity index (χ4v) is 4.44. The van der Waals surface area contributed by atoms with Crippen LogP contribution in [-0.2, 0) is 19.1 Å². The van der Waals surface area contributed by atoms with Crippen molar-refractivity contribution in [1.82, 2.24) is 0 Å². The van der Waals surface area contributed by atoms with E-state index in [1.807, 2.05) is 0 Å². The average molecular weight is 264 g/mol. The Kier molecular flexibility index (Phi) is 3.33. The van der Waals surface area contributed by atoms with Crippen LogP contribution >= 0.6 is 0 Å². The lowest BCUT2D eigenvalue weighted by atomic mass is 9.55. The highest BCUT2D eigenvalue weighted by Gasteiger charge is 2.49. The topological polar surface area (TPSA) is 52.6 Å². The molecule has 0 unspecified atom stereocenters. The Morgan fingerprint density at radius 3 is 2.16 bits per heavy atom. The van der Waals surface area contributed by atoms with Gasteiger partial charge in [-0.1, -0.05) is 6.58 Å². The van der Waals surface area contributed by atoms with Gasteiger partial charge in [-0.2, -0.15) is 0 Å². The fourth-order valence-electron chi connectivity index (χ4n) is 4.44. The van der Waals surface area contributed by atoms with E-state index < -0.39 is 11.9 Å². The number of hydrogen-bond donors (Lipinski definition) is 0. The van der Waals surface area contributed by atoms with Crippen molar-refractivity contribution in [2.24, 2.45) is 23.7 Å². The van der Waals surface area contributed by atoms with Crippen LogP contribution in [0, 0.1) is 23.7 Å². The highest BCUT2D eigenvalue weighted by atomic mass is 16.6. The second kappa shape index (κ2) is 4.99. The van der Waals surface area contributed by atoms with Crippen LogP contribution in [0.2, 0.25) is 0 Å². The van der Waals surface area contributed by atoms with Crippen LogP contribution < -0.4 is 0 Å². The van der Waals surface area contributed by atoms with E-state index in [-0.39, 0.29) is 12.7 Å². The molecule has 0 aromatic rings. The molecule has 4 bridgehead atoms. The van der Waals surface area contributed by atoms with Gasteiger partial charge in [-0.3, -0.25) is 0 Å². The van der Waals surface area contributed by atoms with Crippen LogP contribution in [0.1, 0.15) is 32.1 Å². The molecule has 0 amide bonds. The summed E-state index contributed by atoms with van der Waals surface area (Å²) in [5, 5.41) is 0. The first-order chi connectivity index (χ1) is 9.15. The van der Waals surface area contributed by atoms with Gasteiger partial charge in [0, 0.05) is 6.08 Å². The molecule has 104 valence electrons. The molecule has 4 saturated carbocycles. The molecule has 4 aliphatic rings. The van der Waals surface area contributed by atoms with E-state index >= 15 is 0 Å². The van der Waals surface area contributed by atoms with Crippen molar-refractivity contribution in [1.29, 1.82) is 0 Å². The summed E-state index contributed by atoms with van der Waals surface area (Å²) >= 11 is 0. The SMILES string of the molecule is C=CC(=O)OCC(=O)OC1C2CC3CC(C2)CC1C3. The molecule has 0 aromatic heterocycles. The van der Waals surface area contributed by atoms with Crippen LogP contribution in [0.5, 0.6) is 0 Å². The highest BCUT2D eigenvalue weighted by Crippen LogP contribution is 2.54. The van der Waals surface area contributed by atoms with E-state index in [4.69, 9.17) is 9.47 Å². The number of hydrogen-bond acceptors (Lipinski definition) is 4. The van der Waals surface area contributed by atoms with E-state index in [1.54, 1.807) is 0 Å². The maximum atomic E-state index is 11.7. The van der Waals surface area contributed by atoms with Gasteiger partial charge in [0.05, 0.1) is 0 Å². The van der Waals surface area contributed by atoms with Crippen LogP contribution in [-0.4, -0.2) is 24.6 Å². The number of ether oxygens (including phenoxy) is 2. The summed E-state index contributed by atoms with van der Waals surface area (Å²) in [6, 6.07) is 0. The molecule has 0 saturated heterocycles. The third-order valence-corrected chi connectivity index (χ3v) is 4.91. The van der Waals surface area contributed by atoms with E-state index in [1.165, 1.54) is 32.1 Å². The maximum Gasteiger partial charge on any atom is 0.344 e. The molecular weight excluding hydrogens is 244 g/mol. The smallest absolute Gasteiger partial charge is 0.344 e. The first-order valence-corrected chi connectivity index (χ1v) is 7.14. The molecule has 0 spiro atoms. The van der Waals surface area contributed by atoms with Crippen molar-refractivity contribution in [2.45, 2.75) is 38.2 Å². The van der Waals surface area contributed by atoms with Crippen molar-refractivity contribution in [3.05, 3.63) is 12.7 Å². The van der Waals surface area contributed by atoms with Crippen molar-refractivity contribution in [3.8, 4) is 0 Å². The number of esters is 2. The molecule has 0 aliphatic heterocycles. The van der Waals surface area contributed by atoms with Gasteiger partial charge >= 0.3 is 11.9 Å². The van der Waals surface area contributed by atoms with Crippen molar-refractivity contribution in [2.75, 3.05) is 6.61 Å². The zero-order valence-corrected chi connectivity index (χ0v) is 11.0. The molecule has 0 radical (unpaired) electrons. The summed E-state index contributed by atoms with van der Waals surface area (Å²) in [6.45, 7) is 2.99. The van der Waals surface area contributed by atoms with E-state index in [0.717, 1.165) is 17.9 Å². The van der Waals surface area contributed by atoms with E-state index in [2.05, 4.69) is 6.58 Å². The third kappa shape index (κ3) is 2.53. The standard InChI is InChI=1S/C15H20O4/c1-2-13(16)18-8-14(17)19-15-11-4-9-3-10(6-11)7-12(15)5-9/h2,9-12,15H,1,3-8H2. The summed E-state index contributed by atoms with van der Waals surface area (Å²) in [5.41, 5.74) is 0. The predicted molar refractivity (Wildman–Crippen MR) is 68.1 cm³/mol. The van der Waals surface area contributed by atoms with Crippen LogP contribution in [0.3, 0.4) is 0 Å². The average Bonchev–Trinajstić information content (AvgIpc) is 2.39. The molecular formula is C15H20O4. The molecule has 4 rings (SSSR count). The Bertz CT molecular complexity index is 373. The van der Waals surface area contributed by atoms with Crippen molar-refractivity contribution >= 4 is 11.9 Å². The lowest BCUT2D eigenvalue weighted by Gasteiger charge is -2.53. The Morgan fingerprint density at radius 1 is 1.05 bits per heavy atom. The van der Waals surface area contributed by atoms with Crippen LogP contribution in [0.15, 0.2) is 12.7 Å². The minimum atomic E-state index is -0.581. The molecule has 0 heterocycles. The van der Waals surface area contributed by atoms with Gasteiger partial charge in [0.1, 0.15) is 6.10 Å².